The highest BCUT2D eigenvalue weighted by Crippen LogP contribution is 2.18. The molecule has 0 aliphatic carbocycles. The number of nitrogens with one attached hydrogen (secondary N) is 1. The fraction of sp³-hybridized carbons (Fsp3) is 0.261. The van der Waals surface area contributed by atoms with E-state index in [4.69, 9.17) is 11.6 Å². The molecular weight excluding hydrogens is 398 g/mol. The molecule has 1 amide bonds. The van der Waals surface area contributed by atoms with Crippen LogP contribution in [0.5, 0.6) is 0 Å². The van der Waals surface area contributed by atoms with Gasteiger partial charge in [0.05, 0.1) is 0 Å². The van der Waals surface area contributed by atoms with Crippen molar-refractivity contribution in [2.45, 2.75) is 13.1 Å². The summed E-state index contributed by atoms with van der Waals surface area (Å²) in [6.07, 6.45) is 3.54. The van der Waals surface area contributed by atoms with E-state index < -0.39 is 0 Å². The van der Waals surface area contributed by atoms with Crippen LogP contribution in [0.4, 0.5) is 5.69 Å². The number of hydrogen-bond acceptors (Lipinski definition) is 5. The summed E-state index contributed by atoms with van der Waals surface area (Å²) >= 11 is 5.86. The number of carbonyl (C=O) groups excluding carboxylic acids is 1. The van der Waals surface area contributed by atoms with Crippen LogP contribution in [-0.4, -0.2) is 47.0 Å². The number of pyridine rings is 2. The van der Waals surface area contributed by atoms with Crippen molar-refractivity contribution in [2.75, 3.05) is 31.1 Å². The van der Waals surface area contributed by atoms with Crippen LogP contribution in [0.1, 0.15) is 21.6 Å². The van der Waals surface area contributed by atoms with E-state index in [0.29, 0.717) is 17.4 Å². The highest BCUT2D eigenvalue weighted by Gasteiger charge is 2.19. The van der Waals surface area contributed by atoms with E-state index in [1.807, 2.05) is 60.8 Å². The number of halogens is 1. The van der Waals surface area contributed by atoms with Crippen molar-refractivity contribution in [3.63, 3.8) is 0 Å². The molecule has 30 heavy (non-hydrogen) atoms. The van der Waals surface area contributed by atoms with E-state index >= 15 is 0 Å². The highest BCUT2D eigenvalue weighted by molar-refractivity contribution is 6.29. The first-order valence-corrected chi connectivity index (χ1v) is 10.4. The van der Waals surface area contributed by atoms with Gasteiger partial charge in [-0.25, -0.2) is 4.98 Å². The highest BCUT2D eigenvalue weighted by atomic mass is 35.5. The van der Waals surface area contributed by atoms with Crippen molar-refractivity contribution in [1.29, 1.82) is 0 Å². The number of piperazine rings is 1. The number of rotatable bonds is 6. The fourth-order valence-corrected chi connectivity index (χ4v) is 3.64. The number of amides is 1. The van der Waals surface area contributed by atoms with Gasteiger partial charge in [-0.2, -0.15) is 0 Å². The van der Waals surface area contributed by atoms with Gasteiger partial charge in [0.1, 0.15) is 10.8 Å². The van der Waals surface area contributed by atoms with Crippen LogP contribution in [-0.2, 0) is 13.1 Å². The van der Waals surface area contributed by atoms with Gasteiger partial charge in [-0.3, -0.25) is 14.7 Å². The summed E-state index contributed by atoms with van der Waals surface area (Å²) in [5, 5.41) is 3.46. The molecule has 0 bridgehead atoms. The number of hydrogen-bond donors (Lipinski definition) is 1. The maximum Gasteiger partial charge on any atom is 0.270 e. The molecule has 2 aromatic heterocycles. The van der Waals surface area contributed by atoms with Gasteiger partial charge >= 0.3 is 0 Å². The lowest BCUT2D eigenvalue weighted by molar-refractivity contribution is 0.0946. The monoisotopic (exact) mass is 421 g/mol. The minimum atomic E-state index is -0.158. The summed E-state index contributed by atoms with van der Waals surface area (Å²) < 4.78 is 0. The van der Waals surface area contributed by atoms with E-state index in [1.54, 1.807) is 6.20 Å². The molecular formula is C23H24ClN5O. The lowest BCUT2D eigenvalue weighted by Crippen LogP contribution is -2.46. The molecule has 1 aliphatic heterocycles. The smallest absolute Gasteiger partial charge is 0.270 e. The molecule has 1 aromatic carbocycles. The first-order chi connectivity index (χ1) is 14.7. The molecule has 1 aliphatic rings. The quantitative estimate of drug-likeness (QED) is 0.618. The number of anilines is 1. The molecule has 1 N–H and O–H groups in total. The predicted octanol–water partition coefficient (Wildman–Crippen LogP) is 3.38. The van der Waals surface area contributed by atoms with Gasteiger partial charge in [0.25, 0.3) is 5.91 Å². The molecule has 0 radical (unpaired) electrons. The molecule has 1 saturated heterocycles. The predicted molar refractivity (Wildman–Crippen MR) is 119 cm³/mol. The number of nitrogens with zero attached hydrogens (tertiary/aromatic N) is 4. The second-order valence-electron chi connectivity index (χ2n) is 7.32. The third-order valence-corrected chi connectivity index (χ3v) is 5.43. The molecule has 0 unspecified atom stereocenters. The molecule has 1 fully saturated rings. The Morgan fingerprint density at radius 1 is 0.967 bits per heavy atom. The largest absolute Gasteiger partial charge is 0.369 e. The van der Waals surface area contributed by atoms with Gasteiger partial charge in [-0.15, -0.1) is 0 Å². The molecule has 0 atom stereocenters. The topological polar surface area (TPSA) is 61.4 Å². The van der Waals surface area contributed by atoms with E-state index in [1.165, 1.54) is 0 Å². The first kappa shape index (κ1) is 20.3. The Balaban J connectivity index is 1.31. The lowest BCUT2D eigenvalue weighted by atomic mass is 10.2. The summed E-state index contributed by atoms with van der Waals surface area (Å²) in [6, 6.07) is 17.5. The molecule has 154 valence electrons. The fourth-order valence-electron chi connectivity index (χ4n) is 3.53. The van der Waals surface area contributed by atoms with Crippen molar-refractivity contribution in [1.82, 2.24) is 20.2 Å². The molecule has 0 spiro atoms. The Labute approximate surface area is 181 Å². The standard InChI is InChI=1S/C23H24ClN5O/c24-22-7-6-19(16-26-22)17-28-10-12-29(13-11-28)20-8-9-25-21(14-20)23(30)27-15-18-4-2-1-3-5-18/h1-9,14,16H,10-13,15,17H2,(H,27,30). The molecule has 3 aromatic rings. The summed E-state index contributed by atoms with van der Waals surface area (Å²) in [6.45, 7) is 5.04. The van der Waals surface area contributed by atoms with Crippen molar-refractivity contribution in [3.8, 4) is 0 Å². The molecule has 7 heteroatoms. The summed E-state index contributed by atoms with van der Waals surface area (Å²) in [7, 11) is 0. The van der Waals surface area contributed by atoms with Crippen LogP contribution in [0.3, 0.4) is 0 Å². The van der Waals surface area contributed by atoms with Crippen molar-refractivity contribution < 1.29 is 4.79 Å². The molecule has 6 nitrogen and oxygen atoms in total. The maximum absolute atomic E-state index is 12.5. The van der Waals surface area contributed by atoms with Gasteiger partial charge < -0.3 is 10.2 Å². The summed E-state index contributed by atoms with van der Waals surface area (Å²) in [4.78, 5) is 25.6. The van der Waals surface area contributed by atoms with Gasteiger partial charge in [0, 0.05) is 57.3 Å². The summed E-state index contributed by atoms with van der Waals surface area (Å²) in [5.41, 5.74) is 3.70. The second kappa shape index (κ2) is 9.69. The van der Waals surface area contributed by atoms with Gasteiger partial charge in [-0.1, -0.05) is 48.0 Å². The molecule has 4 rings (SSSR count). The van der Waals surface area contributed by atoms with Crippen molar-refractivity contribution in [2.24, 2.45) is 0 Å². The molecule has 3 heterocycles. The number of aromatic nitrogens is 2. The third kappa shape index (κ3) is 5.34. The van der Waals surface area contributed by atoms with E-state index in [0.717, 1.165) is 49.5 Å². The van der Waals surface area contributed by atoms with Gasteiger partial charge in [0.15, 0.2) is 0 Å². The third-order valence-electron chi connectivity index (χ3n) is 5.20. The zero-order valence-corrected chi connectivity index (χ0v) is 17.4. The van der Waals surface area contributed by atoms with Crippen LogP contribution >= 0.6 is 11.6 Å². The van der Waals surface area contributed by atoms with Crippen LogP contribution in [0.2, 0.25) is 5.15 Å². The molecule has 0 saturated carbocycles. The maximum atomic E-state index is 12.5. The van der Waals surface area contributed by atoms with Crippen molar-refractivity contribution >= 4 is 23.2 Å². The van der Waals surface area contributed by atoms with E-state index in [9.17, 15) is 4.79 Å². The minimum Gasteiger partial charge on any atom is -0.369 e. The number of benzene rings is 1. The zero-order chi connectivity index (χ0) is 20.8. The van der Waals surface area contributed by atoms with E-state index in [-0.39, 0.29) is 5.91 Å². The second-order valence-corrected chi connectivity index (χ2v) is 7.71. The lowest BCUT2D eigenvalue weighted by Gasteiger charge is -2.36. The van der Waals surface area contributed by atoms with Crippen LogP contribution in [0, 0.1) is 0 Å². The Bertz CT molecular complexity index is 972. The number of carbonyl (C=O) groups is 1. The van der Waals surface area contributed by atoms with Gasteiger partial charge in [0.2, 0.25) is 0 Å². The Hall–Kier alpha value is -2.96. The normalized spacial score (nSPS) is 14.5. The zero-order valence-electron chi connectivity index (χ0n) is 16.7. The Morgan fingerprint density at radius 2 is 1.77 bits per heavy atom. The van der Waals surface area contributed by atoms with Gasteiger partial charge in [-0.05, 0) is 29.3 Å². The van der Waals surface area contributed by atoms with Crippen LogP contribution < -0.4 is 10.2 Å². The van der Waals surface area contributed by atoms with Crippen LogP contribution in [0.15, 0.2) is 67.0 Å². The SMILES string of the molecule is O=C(NCc1ccccc1)c1cc(N2CCN(Cc3ccc(Cl)nc3)CC2)ccn1. The first-order valence-electron chi connectivity index (χ1n) is 10.0. The summed E-state index contributed by atoms with van der Waals surface area (Å²) in [5.74, 6) is -0.158. The average molecular weight is 422 g/mol. The average Bonchev–Trinajstić information content (AvgIpc) is 2.80. The Morgan fingerprint density at radius 3 is 2.50 bits per heavy atom. The Kier molecular flexibility index (Phi) is 6.57. The minimum absolute atomic E-state index is 0.158. The van der Waals surface area contributed by atoms with Crippen LogP contribution in [0.25, 0.3) is 0 Å². The van der Waals surface area contributed by atoms with E-state index in [2.05, 4.69) is 25.1 Å². The van der Waals surface area contributed by atoms with Crippen molar-refractivity contribution in [3.05, 3.63) is 89.0 Å².